The number of aliphatic hydroxyl groups is 7. The zero-order valence-corrected chi connectivity index (χ0v) is 9.90. The Balaban J connectivity index is 2.21. The molecular weight excluding hydrogens is 264 g/mol. The molecule has 0 aromatic rings. The third kappa shape index (κ3) is 2.17. The van der Waals surface area contributed by atoms with Gasteiger partial charge in [-0.15, -0.1) is 0 Å². The van der Waals surface area contributed by atoms with E-state index in [0.29, 0.717) is 0 Å². The summed E-state index contributed by atoms with van der Waals surface area (Å²) < 4.78 is 10.0. The molecule has 0 amide bonds. The first kappa shape index (κ1) is 15.0. The molecule has 0 aromatic heterocycles. The molecule has 2 aliphatic rings. The summed E-state index contributed by atoms with van der Waals surface area (Å²) in [4.78, 5) is 0. The Morgan fingerprint density at radius 1 is 0.842 bits per heavy atom. The van der Waals surface area contributed by atoms with Crippen LogP contribution in [0.25, 0.3) is 0 Å². The smallest absolute Gasteiger partial charge is 0.225 e. The molecule has 8 atom stereocenters. The third-order valence-electron chi connectivity index (χ3n) is 3.60. The number of hydrogen-bond donors (Lipinski definition) is 7. The van der Waals surface area contributed by atoms with Gasteiger partial charge in [0.1, 0.15) is 42.7 Å². The van der Waals surface area contributed by atoms with Crippen LogP contribution in [0.5, 0.6) is 0 Å². The van der Waals surface area contributed by atoms with Gasteiger partial charge in [-0.2, -0.15) is 0 Å². The molecule has 2 rings (SSSR count). The van der Waals surface area contributed by atoms with E-state index < -0.39 is 61.7 Å². The minimum Gasteiger partial charge on any atom is -0.394 e. The summed E-state index contributed by atoms with van der Waals surface area (Å²) in [6.07, 6.45) is -10.5. The maximum absolute atomic E-state index is 10.2. The van der Waals surface area contributed by atoms with Crippen LogP contribution in [-0.2, 0) is 9.47 Å². The quantitative estimate of drug-likeness (QED) is 0.270. The molecule has 7 N–H and O–H groups in total. The van der Waals surface area contributed by atoms with Crippen molar-refractivity contribution < 1.29 is 45.2 Å². The Morgan fingerprint density at radius 3 is 1.84 bits per heavy atom. The molecule has 2 unspecified atom stereocenters. The number of hydrogen-bond acceptors (Lipinski definition) is 9. The maximum Gasteiger partial charge on any atom is 0.225 e. The Morgan fingerprint density at radius 2 is 1.42 bits per heavy atom. The van der Waals surface area contributed by atoms with Gasteiger partial charge in [0.25, 0.3) is 0 Å². The largest absolute Gasteiger partial charge is 0.394 e. The number of rotatable bonds is 3. The van der Waals surface area contributed by atoms with Crippen LogP contribution in [-0.4, -0.2) is 97.5 Å². The van der Waals surface area contributed by atoms with Gasteiger partial charge in [-0.3, -0.25) is 0 Å². The van der Waals surface area contributed by atoms with Gasteiger partial charge in [0, 0.05) is 0 Å². The highest BCUT2D eigenvalue weighted by atomic mass is 16.7. The summed E-state index contributed by atoms with van der Waals surface area (Å²) in [5.74, 6) is -2.49. The topological polar surface area (TPSA) is 160 Å². The highest BCUT2D eigenvalue weighted by Crippen LogP contribution is 2.38. The Bertz CT molecular complexity index is 326. The van der Waals surface area contributed by atoms with E-state index in [9.17, 15) is 25.5 Å². The number of aliphatic hydroxyl groups excluding tert-OH is 6. The van der Waals surface area contributed by atoms with Gasteiger partial charge < -0.3 is 45.2 Å². The fourth-order valence-electron chi connectivity index (χ4n) is 2.45. The van der Waals surface area contributed by atoms with Crippen molar-refractivity contribution in [2.45, 2.75) is 48.5 Å². The third-order valence-corrected chi connectivity index (χ3v) is 3.60. The fourth-order valence-corrected chi connectivity index (χ4v) is 2.45. The van der Waals surface area contributed by atoms with Gasteiger partial charge in [0.15, 0.2) is 0 Å². The van der Waals surface area contributed by atoms with Gasteiger partial charge in [0.05, 0.1) is 13.2 Å². The predicted molar refractivity (Wildman–Crippen MR) is 56.7 cm³/mol. The second kappa shape index (κ2) is 5.20. The van der Waals surface area contributed by atoms with Gasteiger partial charge in [0.2, 0.25) is 5.79 Å². The van der Waals surface area contributed by atoms with Crippen molar-refractivity contribution in [3.05, 3.63) is 0 Å². The summed E-state index contributed by atoms with van der Waals surface area (Å²) in [5.41, 5.74) is 0. The molecule has 0 saturated carbocycles. The first-order valence-electron chi connectivity index (χ1n) is 5.86. The molecule has 0 bridgehead atoms. The second-order valence-electron chi connectivity index (χ2n) is 4.79. The molecule has 112 valence electrons. The fraction of sp³-hybridized carbons (Fsp3) is 1.00. The Kier molecular flexibility index (Phi) is 4.12. The summed E-state index contributed by atoms with van der Waals surface area (Å²) in [5, 5.41) is 66.8. The molecule has 9 heteroatoms. The van der Waals surface area contributed by atoms with Gasteiger partial charge in [-0.05, 0) is 0 Å². The summed E-state index contributed by atoms with van der Waals surface area (Å²) >= 11 is 0. The molecule has 2 aliphatic heterocycles. The molecule has 2 fully saturated rings. The lowest BCUT2D eigenvalue weighted by Gasteiger charge is -2.33. The minimum absolute atomic E-state index is 0.604. The first-order chi connectivity index (χ1) is 8.86. The lowest BCUT2D eigenvalue weighted by molar-refractivity contribution is -0.294. The Labute approximate surface area is 108 Å². The van der Waals surface area contributed by atoms with Crippen LogP contribution in [0.1, 0.15) is 0 Å². The average Bonchev–Trinajstić information content (AvgIpc) is 2.81. The van der Waals surface area contributed by atoms with Crippen LogP contribution in [0, 0.1) is 0 Å². The summed E-state index contributed by atoms with van der Waals surface area (Å²) in [6.45, 7) is -1.26. The van der Waals surface area contributed by atoms with Crippen molar-refractivity contribution in [1.82, 2.24) is 0 Å². The highest BCUT2D eigenvalue weighted by Gasteiger charge is 2.63. The standard InChI is InChI=1S/C10H18O9/c11-1-3-5(13)7(15)9(18-3)10(17)8(16)6(14)4(2-12)19-10/h3-9,11-17H,1-2H2/t3-,4-,5-,6-,7-,8-,9?,10?/m1/s1. The van der Waals surface area contributed by atoms with Crippen LogP contribution in [0.4, 0.5) is 0 Å². The normalized spacial score (nSPS) is 54.8. The zero-order valence-electron chi connectivity index (χ0n) is 9.90. The van der Waals surface area contributed by atoms with Crippen molar-refractivity contribution in [3.8, 4) is 0 Å². The minimum atomic E-state index is -2.49. The second-order valence-corrected chi connectivity index (χ2v) is 4.79. The van der Waals surface area contributed by atoms with Crippen LogP contribution >= 0.6 is 0 Å². The van der Waals surface area contributed by atoms with Crippen LogP contribution in [0.3, 0.4) is 0 Å². The van der Waals surface area contributed by atoms with Crippen molar-refractivity contribution in [2.24, 2.45) is 0 Å². The van der Waals surface area contributed by atoms with Crippen LogP contribution < -0.4 is 0 Å². The average molecular weight is 282 g/mol. The zero-order chi connectivity index (χ0) is 14.4. The Hall–Kier alpha value is -0.360. The van der Waals surface area contributed by atoms with Crippen LogP contribution in [0.15, 0.2) is 0 Å². The molecule has 0 spiro atoms. The highest BCUT2D eigenvalue weighted by molar-refractivity contribution is 5.06. The van der Waals surface area contributed by atoms with Gasteiger partial charge >= 0.3 is 0 Å². The van der Waals surface area contributed by atoms with E-state index in [1.54, 1.807) is 0 Å². The molecular formula is C10H18O9. The molecule has 2 saturated heterocycles. The van der Waals surface area contributed by atoms with E-state index in [0.717, 1.165) is 0 Å². The molecule has 2 heterocycles. The van der Waals surface area contributed by atoms with E-state index in [2.05, 4.69) is 0 Å². The van der Waals surface area contributed by atoms with Crippen molar-refractivity contribution in [1.29, 1.82) is 0 Å². The van der Waals surface area contributed by atoms with Crippen molar-refractivity contribution in [2.75, 3.05) is 13.2 Å². The van der Waals surface area contributed by atoms with E-state index >= 15 is 0 Å². The van der Waals surface area contributed by atoms with Gasteiger partial charge in [-0.25, -0.2) is 0 Å². The molecule has 0 radical (unpaired) electrons. The van der Waals surface area contributed by atoms with Crippen LogP contribution in [0.2, 0.25) is 0 Å². The molecule has 0 aliphatic carbocycles. The first-order valence-corrected chi connectivity index (χ1v) is 5.86. The lowest BCUT2D eigenvalue weighted by atomic mass is 9.95. The maximum atomic E-state index is 10.2. The molecule has 9 nitrogen and oxygen atoms in total. The molecule has 19 heavy (non-hydrogen) atoms. The van der Waals surface area contributed by atoms with Gasteiger partial charge in [-0.1, -0.05) is 0 Å². The SMILES string of the molecule is OC[C@H]1OC(C2(O)O[C@H](CO)[C@@H](O)[C@H]2O)[C@H](O)[C@@H]1O. The van der Waals surface area contributed by atoms with E-state index in [1.165, 1.54) is 0 Å². The van der Waals surface area contributed by atoms with E-state index in [4.69, 9.17) is 19.7 Å². The molecule has 0 aromatic carbocycles. The number of ether oxygens (including phenoxy) is 2. The summed E-state index contributed by atoms with van der Waals surface area (Å²) in [7, 11) is 0. The van der Waals surface area contributed by atoms with Crippen molar-refractivity contribution >= 4 is 0 Å². The summed E-state index contributed by atoms with van der Waals surface area (Å²) in [6, 6.07) is 0. The lowest BCUT2D eigenvalue weighted by Crippen LogP contribution is -2.56. The predicted octanol–water partition coefficient (Wildman–Crippen LogP) is -4.73. The van der Waals surface area contributed by atoms with E-state index in [-0.39, 0.29) is 0 Å². The van der Waals surface area contributed by atoms with E-state index in [1.807, 2.05) is 0 Å². The monoisotopic (exact) mass is 282 g/mol. The van der Waals surface area contributed by atoms with Crippen molar-refractivity contribution in [3.63, 3.8) is 0 Å².